The first kappa shape index (κ1) is 15.5. The molecule has 7 heteroatoms. The van der Waals surface area contributed by atoms with Crippen molar-refractivity contribution in [1.29, 1.82) is 0 Å². The van der Waals surface area contributed by atoms with E-state index in [1.54, 1.807) is 0 Å². The van der Waals surface area contributed by atoms with Gasteiger partial charge in [-0.2, -0.15) is 4.31 Å². The monoisotopic (exact) mass is 317 g/mol. The number of rotatable bonds is 3. The summed E-state index contributed by atoms with van der Waals surface area (Å²) in [6.45, 7) is 7.34. The van der Waals surface area contributed by atoms with Gasteiger partial charge in [-0.25, -0.2) is 13.2 Å². The first-order chi connectivity index (χ1) is 9.12. The fraction of sp³-hybridized carbons (Fsp3) is 0.615. The molecule has 112 valence electrons. The zero-order chi connectivity index (χ0) is 15.1. The van der Waals surface area contributed by atoms with E-state index in [9.17, 15) is 13.2 Å². The van der Waals surface area contributed by atoms with E-state index in [1.165, 1.54) is 15.8 Å². The predicted molar refractivity (Wildman–Crippen MR) is 77.6 cm³/mol. The molecule has 1 aromatic rings. The Morgan fingerprint density at radius 1 is 1.45 bits per heavy atom. The number of aromatic carboxylic acids is 1. The summed E-state index contributed by atoms with van der Waals surface area (Å²) in [5.74, 6) is -0.764. The van der Waals surface area contributed by atoms with Gasteiger partial charge in [0.1, 0.15) is 4.88 Å². The van der Waals surface area contributed by atoms with Crippen molar-refractivity contribution in [2.45, 2.75) is 32.1 Å². The molecule has 1 atom stereocenters. The third-order valence-electron chi connectivity index (χ3n) is 3.80. The molecule has 0 spiro atoms. The quantitative estimate of drug-likeness (QED) is 0.929. The van der Waals surface area contributed by atoms with E-state index in [4.69, 9.17) is 5.11 Å². The van der Waals surface area contributed by atoms with Crippen LogP contribution in [0.2, 0.25) is 0 Å². The van der Waals surface area contributed by atoms with Crippen LogP contribution in [-0.2, 0) is 10.0 Å². The van der Waals surface area contributed by atoms with Gasteiger partial charge in [-0.05, 0) is 23.8 Å². The van der Waals surface area contributed by atoms with Gasteiger partial charge in [0.2, 0.25) is 10.0 Å². The lowest BCUT2D eigenvalue weighted by atomic mass is 9.80. The van der Waals surface area contributed by atoms with Crippen molar-refractivity contribution in [1.82, 2.24) is 4.31 Å². The van der Waals surface area contributed by atoms with E-state index in [-0.39, 0.29) is 15.2 Å². The van der Waals surface area contributed by atoms with Crippen molar-refractivity contribution < 1.29 is 18.3 Å². The summed E-state index contributed by atoms with van der Waals surface area (Å²) < 4.78 is 26.4. The second kappa shape index (κ2) is 5.13. The molecule has 20 heavy (non-hydrogen) atoms. The molecule has 1 N–H and O–H groups in total. The Morgan fingerprint density at radius 2 is 2.10 bits per heavy atom. The summed E-state index contributed by atoms with van der Waals surface area (Å²) in [5, 5.41) is 10.3. The first-order valence-corrected chi connectivity index (χ1v) is 8.76. The van der Waals surface area contributed by atoms with E-state index < -0.39 is 16.0 Å². The largest absolute Gasteiger partial charge is 0.477 e. The molecule has 1 unspecified atom stereocenters. The Hall–Kier alpha value is -0.920. The number of carboxylic acid groups (broad SMARTS) is 1. The normalized spacial score (nSPS) is 21.2. The van der Waals surface area contributed by atoms with Crippen LogP contribution in [0.25, 0.3) is 0 Å². The van der Waals surface area contributed by atoms with Crippen molar-refractivity contribution in [3.8, 4) is 0 Å². The average Bonchev–Trinajstić information content (AvgIpc) is 2.98. The van der Waals surface area contributed by atoms with Crippen LogP contribution in [-0.4, -0.2) is 36.9 Å². The molecule has 0 radical (unpaired) electrons. The van der Waals surface area contributed by atoms with Gasteiger partial charge in [0.05, 0.1) is 4.90 Å². The molecular formula is C13H19NO4S2. The Labute approximate surface area is 123 Å². The Bertz CT molecular complexity index is 613. The number of hydrogen-bond donors (Lipinski definition) is 1. The van der Waals surface area contributed by atoms with Crippen LogP contribution in [0.4, 0.5) is 0 Å². The molecular weight excluding hydrogens is 298 g/mol. The molecule has 0 amide bonds. The highest BCUT2D eigenvalue weighted by Gasteiger charge is 2.38. The predicted octanol–water partition coefficient (Wildman–Crippen LogP) is 2.50. The maximum Gasteiger partial charge on any atom is 0.345 e. The van der Waals surface area contributed by atoms with Gasteiger partial charge in [0.25, 0.3) is 0 Å². The summed E-state index contributed by atoms with van der Waals surface area (Å²) >= 11 is 0.944. The van der Waals surface area contributed by atoms with Crippen molar-refractivity contribution in [2.24, 2.45) is 11.3 Å². The molecule has 1 saturated heterocycles. The van der Waals surface area contributed by atoms with Crippen molar-refractivity contribution in [3.05, 3.63) is 16.3 Å². The molecule has 1 aliphatic heterocycles. The van der Waals surface area contributed by atoms with Crippen LogP contribution in [0.15, 0.2) is 16.3 Å². The van der Waals surface area contributed by atoms with Crippen LogP contribution in [0.1, 0.15) is 36.9 Å². The third kappa shape index (κ3) is 2.89. The Balaban J connectivity index is 2.21. The zero-order valence-electron chi connectivity index (χ0n) is 11.8. The van der Waals surface area contributed by atoms with E-state index in [0.29, 0.717) is 19.0 Å². The van der Waals surface area contributed by atoms with E-state index in [2.05, 4.69) is 20.8 Å². The van der Waals surface area contributed by atoms with Gasteiger partial charge in [-0.15, -0.1) is 11.3 Å². The molecule has 1 aromatic heterocycles. The molecule has 0 aliphatic carbocycles. The van der Waals surface area contributed by atoms with Crippen LogP contribution in [0.5, 0.6) is 0 Å². The molecule has 0 aromatic carbocycles. The number of carboxylic acids is 1. The minimum Gasteiger partial charge on any atom is -0.477 e. The fourth-order valence-electron chi connectivity index (χ4n) is 2.37. The third-order valence-corrected chi connectivity index (χ3v) is 6.71. The summed E-state index contributed by atoms with van der Waals surface area (Å²) in [4.78, 5) is 11.0. The molecule has 0 saturated carbocycles. The summed E-state index contributed by atoms with van der Waals surface area (Å²) in [5.41, 5.74) is 0.0745. The Kier molecular flexibility index (Phi) is 3.96. The second-order valence-corrected chi connectivity index (χ2v) is 9.02. The van der Waals surface area contributed by atoms with Crippen molar-refractivity contribution in [3.63, 3.8) is 0 Å². The second-order valence-electron chi connectivity index (χ2n) is 6.17. The number of carbonyl (C=O) groups is 1. The lowest BCUT2D eigenvalue weighted by molar-refractivity contribution is 0.0702. The van der Waals surface area contributed by atoms with Gasteiger partial charge in [0, 0.05) is 18.5 Å². The zero-order valence-corrected chi connectivity index (χ0v) is 13.4. The van der Waals surface area contributed by atoms with E-state index in [0.717, 1.165) is 17.8 Å². The molecule has 2 rings (SSSR count). The SMILES string of the molecule is CC(C)(C)C1CCN(S(=O)(=O)c2csc(C(=O)O)c2)C1. The highest BCUT2D eigenvalue weighted by atomic mass is 32.2. The van der Waals surface area contributed by atoms with Gasteiger partial charge in [0.15, 0.2) is 0 Å². The molecule has 1 fully saturated rings. The highest BCUT2D eigenvalue weighted by molar-refractivity contribution is 7.89. The minimum atomic E-state index is -3.56. The average molecular weight is 317 g/mol. The number of sulfonamides is 1. The van der Waals surface area contributed by atoms with E-state index in [1.807, 2.05) is 0 Å². The lowest BCUT2D eigenvalue weighted by Crippen LogP contribution is -2.31. The van der Waals surface area contributed by atoms with Crippen LogP contribution < -0.4 is 0 Å². The minimum absolute atomic E-state index is 0.0511. The smallest absolute Gasteiger partial charge is 0.345 e. The van der Waals surface area contributed by atoms with Crippen molar-refractivity contribution in [2.75, 3.05) is 13.1 Å². The van der Waals surface area contributed by atoms with Crippen LogP contribution >= 0.6 is 11.3 Å². The van der Waals surface area contributed by atoms with Gasteiger partial charge >= 0.3 is 5.97 Å². The number of hydrogen-bond acceptors (Lipinski definition) is 4. The number of thiophene rings is 1. The van der Waals surface area contributed by atoms with Crippen LogP contribution in [0.3, 0.4) is 0 Å². The Morgan fingerprint density at radius 3 is 2.55 bits per heavy atom. The summed E-state index contributed by atoms with van der Waals surface area (Å²) in [6.07, 6.45) is 0.846. The first-order valence-electron chi connectivity index (χ1n) is 6.44. The topological polar surface area (TPSA) is 74.7 Å². The van der Waals surface area contributed by atoms with Gasteiger partial charge in [-0.3, -0.25) is 0 Å². The maximum absolute atomic E-state index is 12.5. The lowest BCUT2D eigenvalue weighted by Gasteiger charge is -2.26. The van der Waals surface area contributed by atoms with Crippen LogP contribution in [0, 0.1) is 11.3 Å². The molecule has 1 aliphatic rings. The molecule has 0 bridgehead atoms. The van der Waals surface area contributed by atoms with E-state index >= 15 is 0 Å². The van der Waals surface area contributed by atoms with Crippen molar-refractivity contribution >= 4 is 27.3 Å². The van der Waals surface area contributed by atoms with Gasteiger partial charge in [-0.1, -0.05) is 20.8 Å². The number of nitrogens with zero attached hydrogens (tertiary/aromatic N) is 1. The fourth-order valence-corrected chi connectivity index (χ4v) is 4.97. The summed E-state index contributed by atoms with van der Waals surface area (Å²) in [6, 6.07) is 1.24. The summed E-state index contributed by atoms with van der Waals surface area (Å²) in [7, 11) is -3.56. The van der Waals surface area contributed by atoms with Gasteiger partial charge < -0.3 is 5.11 Å². The standard InChI is InChI=1S/C13H19NO4S2/c1-13(2,3)9-4-5-14(7-9)20(17,18)10-6-11(12(15)16)19-8-10/h6,8-9H,4-5,7H2,1-3H3,(H,15,16). The molecule has 5 nitrogen and oxygen atoms in total. The highest BCUT2D eigenvalue weighted by Crippen LogP contribution is 2.36. The molecule has 2 heterocycles. The maximum atomic E-state index is 12.5.